The summed E-state index contributed by atoms with van der Waals surface area (Å²) in [6, 6.07) is 0. The third-order valence-corrected chi connectivity index (χ3v) is 1.48. The largest absolute Gasteiger partial charge is 0.327 e. The van der Waals surface area contributed by atoms with E-state index in [1.807, 2.05) is 44.2 Å². The average Bonchev–Trinajstić information content (AvgIpc) is 2.11. The molecule has 1 heteroatoms. The third kappa shape index (κ3) is 4.69. The molecule has 0 atom stereocenters. The Labute approximate surface area is 75.0 Å². The van der Waals surface area contributed by atoms with Gasteiger partial charge < -0.3 is 5.73 Å². The normalized spacial score (nSPS) is 13.9. The van der Waals surface area contributed by atoms with Crippen LogP contribution in [0.2, 0.25) is 0 Å². The van der Waals surface area contributed by atoms with Crippen molar-refractivity contribution >= 4 is 0 Å². The molecule has 0 saturated heterocycles. The van der Waals surface area contributed by atoms with Gasteiger partial charge in [0.25, 0.3) is 0 Å². The minimum absolute atomic E-state index is 0.608. The molecule has 0 radical (unpaired) electrons. The summed E-state index contributed by atoms with van der Waals surface area (Å²) in [6.07, 6.45) is 9.83. The Bertz CT molecular complexity index is 219. The summed E-state index contributed by atoms with van der Waals surface area (Å²) in [5.74, 6) is 0. The van der Waals surface area contributed by atoms with Crippen LogP contribution in [-0.2, 0) is 0 Å². The predicted molar refractivity (Wildman–Crippen MR) is 55.9 cm³/mol. The van der Waals surface area contributed by atoms with E-state index in [0.29, 0.717) is 6.54 Å². The van der Waals surface area contributed by atoms with Crippen molar-refractivity contribution in [1.82, 2.24) is 0 Å². The Kier molecular flexibility index (Phi) is 6.02. The van der Waals surface area contributed by atoms with Gasteiger partial charge in [-0.05, 0) is 19.4 Å². The molecule has 0 aromatic heterocycles. The summed E-state index contributed by atoms with van der Waals surface area (Å²) < 4.78 is 0. The van der Waals surface area contributed by atoms with Gasteiger partial charge in [0.1, 0.15) is 0 Å². The van der Waals surface area contributed by atoms with Crippen LogP contribution in [0.25, 0.3) is 0 Å². The number of hydrogen-bond acceptors (Lipinski definition) is 1. The molecule has 0 saturated carbocycles. The van der Waals surface area contributed by atoms with Crippen molar-refractivity contribution in [1.29, 1.82) is 0 Å². The molecule has 0 aliphatic carbocycles. The highest BCUT2D eigenvalue weighted by Crippen LogP contribution is 2.00. The van der Waals surface area contributed by atoms with Crippen molar-refractivity contribution in [2.45, 2.75) is 13.8 Å². The molecule has 0 amide bonds. The fourth-order valence-electron chi connectivity index (χ4n) is 0.691. The highest BCUT2D eigenvalue weighted by Gasteiger charge is 1.82. The minimum Gasteiger partial charge on any atom is -0.327 e. The van der Waals surface area contributed by atoms with Crippen molar-refractivity contribution in [3.05, 3.63) is 48.1 Å². The van der Waals surface area contributed by atoms with Crippen molar-refractivity contribution in [3.63, 3.8) is 0 Å². The second-order valence-corrected chi connectivity index (χ2v) is 2.59. The molecule has 0 rings (SSSR count). The summed E-state index contributed by atoms with van der Waals surface area (Å²) in [6.45, 7) is 8.30. The van der Waals surface area contributed by atoms with Gasteiger partial charge in [-0.1, -0.05) is 42.5 Å². The maximum Gasteiger partial charge on any atom is 0.0137 e. The Morgan fingerprint density at radius 3 is 2.50 bits per heavy atom. The zero-order valence-electron chi connectivity index (χ0n) is 7.88. The zero-order chi connectivity index (χ0) is 9.40. The molecule has 0 aromatic carbocycles. The molecule has 1 nitrogen and oxygen atoms in total. The molecule has 0 aromatic rings. The van der Waals surface area contributed by atoms with Gasteiger partial charge in [0, 0.05) is 6.54 Å². The van der Waals surface area contributed by atoms with Gasteiger partial charge in [0.05, 0.1) is 0 Å². The van der Waals surface area contributed by atoms with Crippen LogP contribution in [-0.4, -0.2) is 6.54 Å². The van der Waals surface area contributed by atoms with Crippen molar-refractivity contribution < 1.29 is 0 Å². The van der Waals surface area contributed by atoms with Crippen molar-refractivity contribution in [2.75, 3.05) is 6.54 Å². The predicted octanol–water partition coefficient (Wildman–Crippen LogP) is 2.58. The van der Waals surface area contributed by atoms with Crippen LogP contribution in [0.1, 0.15) is 13.8 Å². The first kappa shape index (κ1) is 10.9. The Hall–Kier alpha value is -1.08. The van der Waals surface area contributed by atoms with E-state index in [-0.39, 0.29) is 0 Å². The van der Waals surface area contributed by atoms with Crippen LogP contribution in [0.15, 0.2) is 48.1 Å². The topological polar surface area (TPSA) is 26.0 Å². The average molecular weight is 163 g/mol. The molecule has 0 spiro atoms. The van der Waals surface area contributed by atoms with Gasteiger partial charge in [-0.2, -0.15) is 0 Å². The highest BCUT2D eigenvalue weighted by molar-refractivity contribution is 5.33. The molecule has 12 heavy (non-hydrogen) atoms. The molecule has 0 fully saturated rings. The van der Waals surface area contributed by atoms with Crippen LogP contribution in [0.4, 0.5) is 0 Å². The van der Waals surface area contributed by atoms with Crippen LogP contribution in [0.3, 0.4) is 0 Å². The number of rotatable bonds is 4. The van der Waals surface area contributed by atoms with Gasteiger partial charge in [0.2, 0.25) is 0 Å². The van der Waals surface area contributed by atoms with E-state index in [1.165, 1.54) is 5.57 Å². The second-order valence-electron chi connectivity index (χ2n) is 2.59. The van der Waals surface area contributed by atoms with Crippen molar-refractivity contribution in [3.8, 4) is 0 Å². The van der Waals surface area contributed by atoms with Gasteiger partial charge in [-0.3, -0.25) is 0 Å². The van der Waals surface area contributed by atoms with E-state index < -0.39 is 0 Å². The Balaban J connectivity index is 4.39. The number of hydrogen-bond donors (Lipinski definition) is 1. The molecule has 0 aliphatic heterocycles. The molecule has 0 bridgehead atoms. The van der Waals surface area contributed by atoms with E-state index in [0.717, 1.165) is 5.57 Å². The lowest BCUT2D eigenvalue weighted by atomic mass is 10.2. The molecular weight excluding hydrogens is 146 g/mol. The van der Waals surface area contributed by atoms with E-state index in [2.05, 4.69) is 6.58 Å². The summed E-state index contributed by atoms with van der Waals surface area (Å²) in [5.41, 5.74) is 7.70. The molecule has 2 N–H and O–H groups in total. The van der Waals surface area contributed by atoms with Gasteiger partial charge >= 0.3 is 0 Å². The first-order valence-corrected chi connectivity index (χ1v) is 4.07. The second kappa shape index (κ2) is 6.62. The third-order valence-electron chi connectivity index (χ3n) is 1.48. The summed E-state index contributed by atoms with van der Waals surface area (Å²) in [7, 11) is 0. The fourth-order valence-corrected chi connectivity index (χ4v) is 0.691. The first-order chi connectivity index (χ1) is 5.74. The summed E-state index contributed by atoms with van der Waals surface area (Å²) in [4.78, 5) is 0. The first-order valence-electron chi connectivity index (χ1n) is 4.07. The van der Waals surface area contributed by atoms with Crippen LogP contribution in [0, 0.1) is 0 Å². The Morgan fingerprint density at radius 1 is 1.42 bits per heavy atom. The molecule has 0 aliphatic rings. The minimum atomic E-state index is 0.608. The quantitative estimate of drug-likeness (QED) is 0.633. The fraction of sp³-hybridized carbons (Fsp3) is 0.273. The van der Waals surface area contributed by atoms with Crippen molar-refractivity contribution in [2.24, 2.45) is 5.73 Å². The maximum absolute atomic E-state index is 5.43. The summed E-state index contributed by atoms with van der Waals surface area (Å²) in [5, 5.41) is 0. The standard InChI is InChI=1S/C11H17N/c1-4-6-11(5-2)8-7-10(3)9-12/h4-8H,2,9,12H2,1,3H3/b6-4+,10-7+,11-8+. The maximum atomic E-state index is 5.43. The van der Waals surface area contributed by atoms with Gasteiger partial charge in [-0.25, -0.2) is 0 Å². The van der Waals surface area contributed by atoms with E-state index in [1.54, 1.807) is 0 Å². The SMILES string of the molecule is C=CC(/C=C/C)=C\C=C(/C)CN. The molecular formula is C11H17N. The lowest BCUT2D eigenvalue weighted by molar-refractivity contribution is 1.14. The summed E-state index contributed by atoms with van der Waals surface area (Å²) >= 11 is 0. The lowest BCUT2D eigenvalue weighted by Crippen LogP contribution is -1.98. The van der Waals surface area contributed by atoms with Crippen LogP contribution < -0.4 is 5.73 Å². The monoisotopic (exact) mass is 163 g/mol. The van der Waals surface area contributed by atoms with Gasteiger partial charge in [0.15, 0.2) is 0 Å². The highest BCUT2D eigenvalue weighted by atomic mass is 14.5. The molecule has 0 unspecified atom stereocenters. The number of allylic oxidation sites excluding steroid dienone is 6. The van der Waals surface area contributed by atoms with E-state index in [9.17, 15) is 0 Å². The Morgan fingerprint density at radius 2 is 2.08 bits per heavy atom. The number of nitrogens with two attached hydrogens (primary N) is 1. The zero-order valence-corrected chi connectivity index (χ0v) is 7.88. The smallest absolute Gasteiger partial charge is 0.0137 e. The van der Waals surface area contributed by atoms with Gasteiger partial charge in [-0.15, -0.1) is 0 Å². The van der Waals surface area contributed by atoms with E-state index >= 15 is 0 Å². The molecule has 0 heterocycles. The van der Waals surface area contributed by atoms with Crippen LogP contribution >= 0.6 is 0 Å². The lowest BCUT2D eigenvalue weighted by Gasteiger charge is -1.92. The van der Waals surface area contributed by atoms with E-state index in [4.69, 9.17) is 5.73 Å². The molecule has 66 valence electrons. The van der Waals surface area contributed by atoms with Crippen LogP contribution in [0.5, 0.6) is 0 Å².